The predicted molar refractivity (Wildman–Crippen MR) is 72.3 cm³/mol. The van der Waals surface area contributed by atoms with E-state index >= 15 is 0 Å². The molecule has 0 spiro atoms. The van der Waals surface area contributed by atoms with Crippen molar-refractivity contribution >= 4 is 17.6 Å². The van der Waals surface area contributed by atoms with Crippen molar-refractivity contribution in [2.75, 3.05) is 25.6 Å². The van der Waals surface area contributed by atoms with E-state index in [1.165, 1.54) is 7.11 Å². The highest BCUT2D eigenvalue weighted by Crippen LogP contribution is 2.18. The number of hydrogen-bond acceptors (Lipinski definition) is 4. The smallest absolute Gasteiger partial charge is 0.339 e. The van der Waals surface area contributed by atoms with Crippen LogP contribution in [0.5, 0.6) is 0 Å². The number of rotatable bonds is 6. The van der Waals surface area contributed by atoms with E-state index < -0.39 is 5.97 Å². The second-order valence-corrected chi connectivity index (χ2v) is 4.04. The maximum atomic E-state index is 11.7. The largest absolute Gasteiger partial charge is 0.465 e. The molecule has 19 heavy (non-hydrogen) atoms. The highest BCUT2D eigenvalue weighted by Gasteiger charge is 2.14. The summed E-state index contributed by atoms with van der Waals surface area (Å²) < 4.78 is 9.80. The third-order valence-corrected chi connectivity index (χ3v) is 2.53. The molecule has 5 heteroatoms. The Kier molecular flexibility index (Phi) is 6.02. The normalized spacial score (nSPS) is 10.1. The van der Waals surface area contributed by atoms with Gasteiger partial charge in [0, 0.05) is 6.61 Å². The number of nitrogens with one attached hydrogen (secondary N) is 1. The molecule has 0 heterocycles. The maximum Gasteiger partial charge on any atom is 0.339 e. The molecule has 0 aliphatic rings. The highest BCUT2D eigenvalue weighted by molar-refractivity contribution is 6.01. The average Bonchev–Trinajstić information content (AvgIpc) is 2.40. The lowest BCUT2D eigenvalue weighted by molar-refractivity contribution is -0.117. The van der Waals surface area contributed by atoms with Crippen LogP contribution in [-0.2, 0) is 14.3 Å². The molecule has 5 nitrogen and oxygen atoms in total. The Labute approximate surface area is 112 Å². The van der Waals surface area contributed by atoms with E-state index in [0.717, 1.165) is 5.56 Å². The van der Waals surface area contributed by atoms with E-state index in [1.54, 1.807) is 12.1 Å². The molecule has 1 amide bonds. The van der Waals surface area contributed by atoms with Crippen molar-refractivity contribution in [3.63, 3.8) is 0 Å². The average molecular weight is 265 g/mol. The van der Waals surface area contributed by atoms with Crippen LogP contribution in [0.1, 0.15) is 29.3 Å². The molecule has 0 atom stereocenters. The van der Waals surface area contributed by atoms with Crippen molar-refractivity contribution < 1.29 is 19.1 Å². The molecular formula is C14H19NO4. The van der Waals surface area contributed by atoms with Crippen molar-refractivity contribution in [2.24, 2.45) is 0 Å². The van der Waals surface area contributed by atoms with Gasteiger partial charge in [-0.15, -0.1) is 0 Å². The number of carbonyl (C=O) groups is 2. The first-order chi connectivity index (χ1) is 9.08. The topological polar surface area (TPSA) is 64.6 Å². The molecule has 0 aliphatic heterocycles. The summed E-state index contributed by atoms with van der Waals surface area (Å²) >= 11 is 0. The van der Waals surface area contributed by atoms with Crippen LogP contribution in [0.25, 0.3) is 0 Å². The molecule has 0 radical (unpaired) electrons. The fraction of sp³-hybridized carbons (Fsp3) is 0.429. The van der Waals surface area contributed by atoms with Gasteiger partial charge in [-0.25, -0.2) is 4.79 Å². The van der Waals surface area contributed by atoms with Crippen LogP contribution >= 0.6 is 0 Å². The fourth-order valence-electron chi connectivity index (χ4n) is 1.57. The summed E-state index contributed by atoms with van der Waals surface area (Å²) in [6.45, 7) is 4.67. The summed E-state index contributed by atoms with van der Waals surface area (Å²) in [4.78, 5) is 23.3. The molecule has 1 aromatic rings. The summed E-state index contributed by atoms with van der Waals surface area (Å²) in [6.07, 6.45) is 0.252. The monoisotopic (exact) mass is 265 g/mol. The van der Waals surface area contributed by atoms with Crippen LogP contribution in [0.15, 0.2) is 18.2 Å². The Balaban J connectivity index is 2.77. The van der Waals surface area contributed by atoms with Gasteiger partial charge in [0.1, 0.15) is 0 Å². The van der Waals surface area contributed by atoms with Crippen LogP contribution in [0.4, 0.5) is 5.69 Å². The minimum absolute atomic E-state index is 0.192. The SMILES string of the molecule is CCOCCC(=O)Nc1ccc(C)cc1C(=O)OC. The Hall–Kier alpha value is -1.88. The zero-order chi connectivity index (χ0) is 14.3. The van der Waals surface area contributed by atoms with Crippen LogP contribution in [0.2, 0.25) is 0 Å². The van der Waals surface area contributed by atoms with Gasteiger partial charge in [0.25, 0.3) is 0 Å². The number of hydrogen-bond donors (Lipinski definition) is 1. The third kappa shape index (κ3) is 4.71. The lowest BCUT2D eigenvalue weighted by Crippen LogP contribution is -2.17. The van der Waals surface area contributed by atoms with Crippen molar-refractivity contribution in [1.82, 2.24) is 0 Å². The summed E-state index contributed by atoms with van der Waals surface area (Å²) in [5.41, 5.74) is 1.74. The van der Waals surface area contributed by atoms with E-state index in [9.17, 15) is 9.59 Å². The predicted octanol–water partition coefficient (Wildman–Crippen LogP) is 2.15. The third-order valence-electron chi connectivity index (χ3n) is 2.53. The number of aryl methyl sites for hydroxylation is 1. The number of methoxy groups -OCH3 is 1. The van der Waals surface area contributed by atoms with Crippen molar-refractivity contribution in [1.29, 1.82) is 0 Å². The van der Waals surface area contributed by atoms with Crippen molar-refractivity contribution in [3.8, 4) is 0 Å². The fourth-order valence-corrected chi connectivity index (χ4v) is 1.57. The molecule has 0 aromatic heterocycles. The number of anilines is 1. The van der Waals surface area contributed by atoms with Gasteiger partial charge in [0.05, 0.1) is 31.4 Å². The summed E-state index contributed by atoms with van der Waals surface area (Å²) in [5, 5.41) is 2.69. The van der Waals surface area contributed by atoms with E-state index in [4.69, 9.17) is 9.47 Å². The van der Waals surface area contributed by atoms with Crippen molar-refractivity contribution in [2.45, 2.75) is 20.3 Å². The lowest BCUT2D eigenvalue weighted by atomic mass is 10.1. The zero-order valence-corrected chi connectivity index (χ0v) is 11.5. The second kappa shape index (κ2) is 7.53. The molecular weight excluding hydrogens is 246 g/mol. The summed E-state index contributed by atoms with van der Waals surface area (Å²) in [6, 6.07) is 5.20. The van der Waals surface area contributed by atoms with Gasteiger partial charge in [0.15, 0.2) is 0 Å². The molecule has 1 N–H and O–H groups in total. The Bertz CT molecular complexity index is 457. The standard InChI is InChI=1S/C14H19NO4/c1-4-19-8-7-13(16)15-12-6-5-10(2)9-11(12)14(17)18-3/h5-6,9H,4,7-8H2,1-3H3,(H,15,16). The van der Waals surface area contributed by atoms with Crippen LogP contribution in [-0.4, -0.2) is 32.2 Å². The number of esters is 1. The quantitative estimate of drug-likeness (QED) is 0.632. The van der Waals surface area contributed by atoms with Gasteiger partial charge in [0.2, 0.25) is 5.91 Å². The first-order valence-electron chi connectivity index (χ1n) is 6.15. The highest BCUT2D eigenvalue weighted by atomic mass is 16.5. The van der Waals surface area contributed by atoms with Crippen LogP contribution in [0, 0.1) is 6.92 Å². The number of carbonyl (C=O) groups excluding carboxylic acids is 2. The van der Waals surface area contributed by atoms with Crippen LogP contribution in [0.3, 0.4) is 0 Å². The van der Waals surface area contributed by atoms with Gasteiger partial charge in [-0.05, 0) is 26.0 Å². The van der Waals surface area contributed by atoms with Gasteiger partial charge in [-0.3, -0.25) is 4.79 Å². The molecule has 0 bridgehead atoms. The first kappa shape index (κ1) is 15.2. The van der Waals surface area contributed by atoms with Gasteiger partial charge >= 0.3 is 5.97 Å². The van der Waals surface area contributed by atoms with Gasteiger partial charge < -0.3 is 14.8 Å². The number of ether oxygens (including phenoxy) is 2. The first-order valence-corrected chi connectivity index (χ1v) is 6.15. The molecule has 0 unspecified atom stereocenters. The second-order valence-electron chi connectivity index (χ2n) is 4.04. The van der Waals surface area contributed by atoms with Gasteiger partial charge in [-0.1, -0.05) is 11.6 Å². The molecule has 0 aliphatic carbocycles. The van der Waals surface area contributed by atoms with Gasteiger partial charge in [-0.2, -0.15) is 0 Å². The summed E-state index contributed by atoms with van der Waals surface area (Å²) in [5.74, 6) is -0.661. The Morgan fingerprint density at radius 1 is 1.32 bits per heavy atom. The number of amides is 1. The molecule has 0 fully saturated rings. The maximum absolute atomic E-state index is 11.7. The lowest BCUT2D eigenvalue weighted by Gasteiger charge is -2.10. The van der Waals surface area contributed by atoms with Crippen molar-refractivity contribution in [3.05, 3.63) is 29.3 Å². The molecule has 104 valence electrons. The number of benzene rings is 1. The van der Waals surface area contributed by atoms with E-state index in [-0.39, 0.29) is 12.3 Å². The van der Waals surface area contributed by atoms with Crippen LogP contribution < -0.4 is 5.32 Å². The zero-order valence-electron chi connectivity index (χ0n) is 11.5. The molecule has 1 rings (SSSR count). The van der Waals surface area contributed by atoms with E-state index in [0.29, 0.717) is 24.5 Å². The Morgan fingerprint density at radius 3 is 2.68 bits per heavy atom. The minimum Gasteiger partial charge on any atom is -0.465 e. The Morgan fingerprint density at radius 2 is 2.05 bits per heavy atom. The van der Waals surface area contributed by atoms with E-state index in [1.807, 2.05) is 19.9 Å². The minimum atomic E-state index is -0.469. The van der Waals surface area contributed by atoms with E-state index in [2.05, 4.69) is 5.32 Å². The molecule has 1 aromatic carbocycles. The summed E-state index contributed by atoms with van der Waals surface area (Å²) in [7, 11) is 1.31. The molecule has 0 saturated heterocycles. The molecule has 0 saturated carbocycles.